The summed E-state index contributed by atoms with van der Waals surface area (Å²) in [4.78, 5) is 30.8. The third kappa shape index (κ3) is 3.62. The van der Waals surface area contributed by atoms with E-state index in [0.29, 0.717) is 6.42 Å². The highest BCUT2D eigenvalue weighted by molar-refractivity contribution is 6.12. The molecule has 4 bridgehead atoms. The number of esters is 1. The van der Waals surface area contributed by atoms with Crippen molar-refractivity contribution in [2.45, 2.75) is 96.1 Å². The molecule has 6 rings (SSSR count). The highest BCUT2D eigenvalue weighted by Gasteiger charge is 2.76. The van der Waals surface area contributed by atoms with Crippen molar-refractivity contribution in [3.63, 3.8) is 0 Å². The fraction of sp³-hybridized carbons (Fsp3) is 0.625. The Morgan fingerprint density at radius 2 is 1.84 bits per heavy atom. The maximum atomic E-state index is 14.4. The van der Waals surface area contributed by atoms with Crippen molar-refractivity contribution in [1.29, 1.82) is 0 Å². The standard InChI is InChI=1S/C32H43NO5/c1-6-9-15-30-20-27-32(29(35)37-8-3,28(34)25-12-11-17-38-25)21-31(30,16-10-7-2)26(33(27)4)18-22-13-14-23(36-5)19-24(22)30/h11-14,17,19,26-27H,6-10,15-16,18,20-21H2,1-5H3. The third-order valence-corrected chi connectivity index (χ3v) is 10.2. The van der Waals surface area contributed by atoms with Crippen LogP contribution in [0.3, 0.4) is 0 Å². The number of rotatable bonds is 11. The minimum absolute atomic E-state index is 0.137. The molecule has 2 saturated heterocycles. The van der Waals surface area contributed by atoms with Crippen LogP contribution in [0.25, 0.3) is 0 Å². The van der Waals surface area contributed by atoms with Crippen molar-refractivity contribution >= 4 is 11.8 Å². The molecule has 1 aromatic heterocycles. The van der Waals surface area contributed by atoms with Gasteiger partial charge in [0.25, 0.3) is 0 Å². The van der Waals surface area contributed by atoms with Crippen LogP contribution in [0, 0.1) is 10.8 Å². The third-order valence-electron chi connectivity index (χ3n) is 10.2. The molecular weight excluding hydrogens is 478 g/mol. The van der Waals surface area contributed by atoms with Crippen molar-refractivity contribution in [2.24, 2.45) is 10.8 Å². The molecule has 1 aromatic carbocycles. The molecule has 0 amide bonds. The van der Waals surface area contributed by atoms with Gasteiger partial charge in [0.1, 0.15) is 11.2 Å². The van der Waals surface area contributed by atoms with E-state index in [2.05, 4.69) is 44.0 Å². The molecular formula is C32H43NO5. The number of piperidine rings is 2. The van der Waals surface area contributed by atoms with E-state index in [1.807, 2.05) is 6.92 Å². The first kappa shape index (κ1) is 27.0. The Morgan fingerprint density at radius 3 is 2.50 bits per heavy atom. The maximum Gasteiger partial charge on any atom is 0.321 e. The predicted octanol–water partition coefficient (Wildman–Crippen LogP) is 6.36. The number of hydrogen-bond acceptors (Lipinski definition) is 6. The monoisotopic (exact) mass is 521 g/mol. The first-order chi connectivity index (χ1) is 18.3. The molecule has 3 heterocycles. The van der Waals surface area contributed by atoms with Crippen LogP contribution in [0.4, 0.5) is 0 Å². The van der Waals surface area contributed by atoms with E-state index >= 15 is 0 Å². The van der Waals surface area contributed by atoms with E-state index in [-0.39, 0.29) is 41.1 Å². The molecule has 3 fully saturated rings. The van der Waals surface area contributed by atoms with Crippen LogP contribution in [-0.2, 0) is 21.4 Å². The summed E-state index contributed by atoms with van der Waals surface area (Å²) in [7, 11) is 3.87. The van der Waals surface area contributed by atoms with Gasteiger partial charge >= 0.3 is 5.97 Å². The first-order valence-electron chi connectivity index (χ1n) is 14.5. The lowest BCUT2D eigenvalue weighted by Crippen LogP contribution is -2.79. The van der Waals surface area contributed by atoms with E-state index in [1.54, 1.807) is 19.2 Å². The Labute approximate surface area is 227 Å². The van der Waals surface area contributed by atoms with E-state index in [0.717, 1.165) is 57.1 Å². The van der Waals surface area contributed by atoms with Gasteiger partial charge in [-0.25, -0.2) is 0 Å². The van der Waals surface area contributed by atoms with Gasteiger partial charge in [0, 0.05) is 17.5 Å². The predicted molar refractivity (Wildman–Crippen MR) is 147 cm³/mol. The van der Waals surface area contributed by atoms with Gasteiger partial charge in [-0.1, -0.05) is 45.6 Å². The summed E-state index contributed by atoms with van der Waals surface area (Å²) in [6.07, 6.45) is 10.0. The van der Waals surface area contributed by atoms with Gasteiger partial charge in [-0.2, -0.15) is 0 Å². The van der Waals surface area contributed by atoms with Gasteiger partial charge < -0.3 is 13.9 Å². The van der Waals surface area contributed by atoms with Gasteiger partial charge in [0.05, 0.1) is 20.0 Å². The highest BCUT2D eigenvalue weighted by Crippen LogP contribution is 2.71. The van der Waals surface area contributed by atoms with E-state index in [1.165, 1.54) is 17.4 Å². The number of fused-ring (bicyclic) bond motifs is 2. The SMILES string of the molecule is CCCCC12CC3N(C)C(Cc4ccc(OC)cc41)C2(CCCC)CC3(C(=O)OCC)C(=O)c1ccco1. The number of methoxy groups -OCH3 is 1. The number of likely N-dealkylation sites (N-methyl/N-ethyl adjacent to an activating group) is 1. The van der Waals surface area contributed by atoms with Crippen molar-refractivity contribution < 1.29 is 23.5 Å². The average Bonchev–Trinajstić information content (AvgIpc) is 3.47. The normalized spacial score (nSPS) is 31.6. The molecule has 5 atom stereocenters. The molecule has 0 N–H and O–H groups in total. The summed E-state index contributed by atoms with van der Waals surface area (Å²) in [5.74, 6) is 0.502. The zero-order valence-electron chi connectivity index (χ0n) is 23.7. The number of furan rings is 1. The van der Waals surface area contributed by atoms with Crippen LogP contribution >= 0.6 is 0 Å². The maximum absolute atomic E-state index is 14.4. The number of benzene rings is 1. The molecule has 206 valence electrons. The number of nitrogens with zero attached hydrogens (tertiary/aromatic N) is 1. The molecule has 4 aliphatic rings. The van der Waals surface area contributed by atoms with Crippen LogP contribution in [0.2, 0.25) is 0 Å². The lowest BCUT2D eigenvalue weighted by atomic mass is 9.36. The van der Waals surface area contributed by atoms with E-state index in [4.69, 9.17) is 13.9 Å². The molecule has 6 heteroatoms. The smallest absolute Gasteiger partial charge is 0.321 e. The van der Waals surface area contributed by atoms with Crippen LogP contribution in [0.15, 0.2) is 41.0 Å². The molecule has 0 radical (unpaired) electrons. The number of Topliss-reactive ketones (excluding diaryl/α,β-unsaturated/α-hetero) is 1. The number of ketones is 1. The van der Waals surface area contributed by atoms with E-state index < -0.39 is 11.4 Å². The summed E-state index contributed by atoms with van der Waals surface area (Å²) >= 11 is 0. The number of ether oxygens (including phenoxy) is 2. The van der Waals surface area contributed by atoms with Gasteiger partial charge in [0.2, 0.25) is 5.78 Å². The molecule has 1 saturated carbocycles. The van der Waals surface area contributed by atoms with Crippen LogP contribution in [0.5, 0.6) is 5.75 Å². The number of unbranched alkanes of at least 4 members (excludes halogenated alkanes) is 2. The average molecular weight is 522 g/mol. The van der Waals surface area contributed by atoms with Gasteiger partial charge in [0.15, 0.2) is 5.76 Å². The molecule has 6 nitrogen and oxygen atoms in total. The van der Waals surface area contributed by atoms with Crippen molar-refractivity contribution in [2.75, 3.05) is 20.8 Å². The highest BCUT2D eigenvalue weighted by atomic mass is 16.5. The molecule has 0 spiro atoms. The quantitative estimate of drug-likeness (QED) is 0.195. The molecule has 38 heavy (non-hydrogen) atoms. The summed E-state index contributed by atoms with van der Waals surface area (Å²) in [6, 6.07) is 9.97. The van der Waals surface area contributed by atoms with Crippen LogP contribution in [-0.4, -0.2) is 49.5 Å². The van der Waals surface area contributed by atoms with Gasteiger partial charge in [-0.15, -0.1) is 0 Å². The first-order valence-corrected chi connectivity index (χ1v) is 14.5. The van der Waals surface area contributed by atoms with Crippen molar-refractivity contribution in [1.82, 2.24) is 4.90 Å². The van der Waals surface area contributed by atoms with Crippen molar-refractivity contribution in [3.8, 4) is 5.75 Å². The number of hydrogen-bond donors (Lipinski definition) is 0. The Bertz CT molecular complexity index is 1170. The Morgan fingerprint density at radius 1 is 1.08 bits per heavy atom. The topological polar surface area (TPSA) is 69.0 Å². The largest absolute Gasteiger partial charge is 0.497 e. The molecule has 2 aromatic rings. The second-order valence-corrected chi connectivity index (χ2v) is 11.7. The number of carbonyl (C=O) groups excluding carboxylic acids is 2. The fourth-order valence-corrected chi connectivity index (χ4v) is 8.63. The summed E-state index contributed by atoms with van der Waals surface area (Å²) in [5, 5.41) is 0. The molecule has 2 aliphatic heterocycles. The Balaban J connectivity index is 1.77. The van der Waals surface area contributed by atoms with Gasteiger partial charge in [-0.3, -0.25) is 14.5 Å². The minimum Gasteiger partial charge on any atom is -0.497 e. The summed E-state index contributed by atoms with van der Waals surface area (Å²) in [6.45, 7) is 6.54. The minimum atomic E-state index is -1.29. The lowest BCUT2D eigenvalue weighted by molar-refractivity contribution is -0.208. The lowest BCUT2D eigenvalue weighted by Gasteiger charge is -2.73. The zero-order valence-corrected chi connectivity index (χ0v) is 23.7. The fourth-order valence-electron chi connectivity index (χ4n) is 8.63. The molecule has 5 unspecified atom stereocenters. The van der Waals surface area contributed by atoms with E-state index in [9.17, 15) is 9.59 Å². The van der Waals surface area contributed by atoms with Crippen molar-refractivity contribution in [3.05, 3.63) is 53.5 Å². The molecule has 2 aliphatic carbocycles. The van der Waals surface area contributed by atoms with Crippen LogP contribution < -0.4 is 4.74 Å². The summed E-state index contributed by atoms with van der Waals surface area (Å²) < 4.78 is 17.1. The zero-order chi connectivity index (χ0) is 27.1. The Kier molecular flexibility index (Phi) is 7.23. The second kappa shape index (κ2) is 10.2. The van der Waals surface area contributed by atoms with Gasteiger partial charge in [-0.05, 0) is 86.9 Å². The summed E-state index contributed by atoms with van der Waals surface area (Å²) in [5.41, 5.74) is 1.07. The Hall–Kier alpha value is -2.60. The number of carbonyl (C=O) groups is 2. The van der Waals surface area contributed by atoms with Crippen LogP contribution in [0.1, 0.15) is 93.8 Å². The second-order valence-electron chi connectivity index (χ2n) is 11.7.